The molecule has 0 aliphatic heterocycles. The lowest BCUT2D eigenvalue weighted by atomic mass is 10.4. The minimum atomic E-state index is -1.98. The van der Waals surface area contributed by atoms with Gasteiger partial charge in [-0.05, 0) is 0 Å². The first-order valence-corrected chi connectivity index (χ1v) is 3.92. The molecule has 1 unspecified atom stereocenters. The van der Waals surface area contributed by atoms with Gasteiger partial charge in [0.25, 0.3) is 0 Å². The second-order valence-corrected chi connectivity index (χ2v) is 4.22. The molecule has 68 valence electrons. The molecule has 0 aromatic heterocycles. The van der Waals surface area contributed by atoms with Gasteiger partial charge in [-0.25, -0.2) is 0 Å². The molecular formula is C5H5Cl3N2O2. The van der Waals surface area contributed by atoms with Crippen LogP contribution in [0, 0.1) is 11.3 Å². The maximum absolute atomic E-state index is 10.6. The second-order valence-electron chi connectivity index (χ2n) is 1.85. The van der Waals surface area contributed by atoms with Crippen LogP contribution in [0.4, 0.5) is 0 Å². The highest BCUT2D eigenvalue weighted by molar-refractivity contribution is 6.68. The van der Waals surface area contributed by atoms with Crippen molar-refractivity contribution >= 4 is 40.7 Å². The molecule has 0 fully saturated rings. The highest BCUT2D eigenvalue weighted by Crippen LogP contribution is 2.28. The molecule has 0 aliphatic rings. The van der Waals surface area contributed by atoms with Crippen LogP contribution in [0.25, 0.3) is 0 Å². The van der Waals surface area contributed by atoms with E-state index in [9.17, 15) is 4.79 Å². The number of rotatable bonds is 2. The average molecular weight is 231 g/mol. The molecule has 0 aromatic rings. The zero-order valence-electron chi connectivity index (χ0n) is 5.72. The van der Waals surface area contributed by atoms with Gasteiger partial charge in [-0.2, -0.15) is 5.26 Å². The molecule has 0 saturated carbocycles. The summed E-state index contributed by atoms with van der Waals surface area (Å²) in [6.45, 7) is 0. The number of alkyl halides is 3. The minimum Gasteiger partial charge on any atom is -0.369 e. The van der Waals surface area contributed by atoms with Crippen molar-refractivity contribution in [1.29, 1.82) is 5.26 Å². The standard InChI is InChI=1S/C5H5Cl3N2O2/c6-5(7,8)4(12)10-3(11)1-2-9/h4,12H,1H2,(H,10,11). The van der Waals surface area contributed by atoms with Crippen molar-refractivity contribution in [3.05, 3.63) is 0 Å². The monoisotopic (exact) mass is 230 g/mol. The summed E-state index contributed by atoms with van der Waals surface area (Å²) in [4.78, 5) is 10.6. The molecule has 0 spiro atoms. The summed E-state index contributed by atoms with van der Waals surface area (Å²) in [6.07, 6.45) is -2.00. The predicted octanol–water partition coefficient (Wildman–Crippen LogP) is 0.705. The lowest BCUT2D eigenvalue weighted by Gasteiger charge is -2.19. The van der Waals surface area contributed by atoms with E-state index in [1.165, 1.54) is 0 Å². The van der Waals surface area contributed by atoms with Gasteiger partial charge in [0.05, 0.1) is 6.07 Å². The van der Waals surface area contributed by atoms with Crippen LogP contribution in [0.2, 0.25) is 0 Å². The number of nitriles is 1. The molecule has 12 heavy (non-hydrogen) atoms. The van der Waals surface area contributed by atoms with Gasteiger partial charge in [0.1, 0.15) is 6.42 Å². The zero-order chi connectivity index (χ0) is 9.78. The lowest BCUT2D eigenvalue weighted by Crippen LogP contribution is -2.43. The first kappa shape index (κ1) is 11.8. The van der Waals surface area contributed by atoms with Gasteiger partial charge in [-0.3, -0.25) is 4.79 Å². The number of nitrogens with zero attached hydrogens (tertiary/aromatic N) is 1. The normalized spacial score (nSPS) is 13.2. The Bertz CT molecular complexity index is 208. The SMILES string of the molecule is N#CCC(=O)NC(O)C(Cl)(Cl)Cl. The van der Waals surface area contributed by atoms with Crippen molar-refractivity contribution in [2.24, 2.45) is 0 Å². The molecule has 7 heteroatoms. The third kappa shape index (κ3) is 4.62. The lowest BCUT2D eigenvalue weighted by molar-refractivity contribution is -0.122. The molecule has 1 amide bonds. The van der Waals surface area contributed by atoms with Gasteiger partial charge in [0.2, 0.25) is 9.70 Å². The molecule has 0 saturated heterocycles. The quantitative estimate of drug-likeness (QED) is 0.543. The van der Waals surface area contributed by atoms with Crippen molar-refractivity contribution in [1.82, 2.24) is 5.32 Å². The van der Waals surface area contributed by atoms with Crippen molar-refractivity contribution in [2.45, 2.75) is 16.4 Å². The molecule has 0 bridgehead atoms. The molecule has 2 N–H and O–H groups in total. The Kier molecular flexibility index (Phi) is 4.64. The van der Waals surface area contributed by atoms with Gasteiger partial charge in [0.15, 0.2) is 6.23 Å². The van der Waals surface area contributed by atoms with E-state index in [1.54, 1.807) is 6.07 Å². The maximum atomic E-state index is 10.6. The third-order valence-electron chi connectivity index (χ3n) is 0.847. The Morgan fingerprint density at radius 2 is 2.17 bits per heavy atom. The number of nitrogens with one attached hydrogen (secondary N) is 1. The number of hydrogen-bond donors (Lipinski definition) is 2. The Morgan fingerprint density at radius 3 is 2.50 bits per heavy atom. The molecular weight excluding hydrogens is 226 g/mol. The fraction of sp³-hybridized carbons (Fsp3) is 0.600. The highest BCUT2D eigenvalue weighted by Gasteiger charge is 2.31. The Balaban J connectivity index is 3.95. The topological polar surface area (TPSA) is 73.1 Å². The van der Waals surface area contributed by atoms with E-state index >= 15 is 0 Å². The van der Waals surface area contributed by atoms with Crippen LogP contribution in [0.1, 0.15) is 6.42 Å². The molecule has 4 nitrogen and oxygen atoms in total. The molecule has 0 aromatic carbocycles. The van der Waals surface area contributed by atoms with E-state index in [-0.39, 0.29) is 0 Å². The van der Waals surface area contributed by atoms with Gasteiger partial charge in [0, 0.05) is 0 Å². The molecule has 0 aliphatic carbocycles. The second kappa shape index (κ2) is 4.73. The summed E-state index contributed by atoms with van der Waals surface area (Å²) < 4.78 is -1.98. The van der Waals surface area contributed by atoms with Crippen LogP contribution in [-0.4, -0.2) is 21.0 Å². The number of halogens is 3. The Hall–Kier alpha value is -0.210. The van der Waals surface area contributed by atoms with Crippen molar-refractivity contribution < 1.29 is 9.90 Å². The van der Waals surface area contributed by atoms with Crippen LogP contribution in [0.3, 0.4) is 0 Å². The molecule has 0 radical (unpaired) electrons. The van der Waals surface area contributed by atoms with Gasteiger partial charge < -0.3 is 10.4 Å². The van der Waals surface area contributed by atoms with E-state index in [2.05, 4.69) is 0 Å². The number of aliphatic hydroxyl groups is 1. The molecule has 0 heterocycles. The zero-order valence-corrected chi connectivity index (χ0v) is 7.99. The summed E-state index contributed by atoms with van der Waals surface area (Å²) in [6, 6.07) is 1.57. The van der Waals surface area contributed by atoms with Crippen molar-refractivity contribution in [3.63, 3.8) is 0 Å². The summed E-state index contributed by atoms with van der Waals surface area (Å²) in [7, 11) is 0. The summed E-state index contributed by atoms with van der Waals surface area (Å²) in [5.74, 6) is -0.698. The largest absolute Gasteiger partial charge is 0.369 e. The van der Waals surface area contributed by atoms with E-state index in [0.717, 1.165) is 0 Å². The smallest absolute Gasteiger partial charge is 0.236 e. The average Bonchev–Trinajstić information content (AvgIpc) is 1.85. The first-order valence-electron chi connectivity index (χ1n) is 2.79. The highest BCUT2D eigenvalue weighted by atomic mass is 35.6. The molecule has 0 rings (SSSR count). The Morgan fingerprint density at radius 1 is 1.67 bits per heavy atom. The van der Waals surface area contributed by atoms with E-state index in [4.69, 9.17) is 45.2 Å². The first-order chi connectivity index (χ1) is 5.38. The van der Waals surface area contributed by atoms with Gasteiger partial charge in [-0.1, -0.05) is 34.8 Å². The van der Waals surface area contributed by atoms with Crippen LogP contribution >= 0.6 is 34.8 Å². The van der Waals surface area contributed by atoms with Crippen LogP contribution < -0.4 is 5.32 Å². The number of carbonyl (C=O) groups is 1. The number of aliphatic hydroxyl groups excluding tert-OH is 1. The number of amides is 1. The fourth-order valence-corrected chi connectivity index (χ4v) is 0.521. The van der Waals surface area contributed by atoms with E-state index < -0.39 is 22.3 Å². The summed E-state index contributed by atoms with van der Waals surface area (Å²) in [5.41, 5.74) is 0. The minimum absolute atomic E-state index is 0.391. The van der Waals surface area contributed by atoms with E-state index in [1.807, 2.05) is 5.32 Å². The predicted molar refractivity (Wildman–Crippen MR) is 44.7 cm³/mol. The summed E-state index contributed by atoms with van der Waals surface area (Å²) >= 11 is 15.6. The summed E-state index contributed by atoms with van der Waals surface area (Å²) in [5, 5.41) is 18.9. The van der Waals surface area contributed by atoms with E-state index in [0.29, 0.717) is 0 Å². The van der Waals surface area contributed by atoms with Crippen LogP contribution in [0.15, 0.2) is 0 Å². The third-order valence-corrected chi connectivity index (χ3v) is 1.47. The van der Waals surface area contributed by atoms with Gasteiger partial charge >= 0.3 is 0 Å². The Labute approximate surface area is 84.0 Å². The van der Waals surface area contributed by atoms with Gasteiger partial charge in [-0.15, -0.1) is 0 Å². The van der Waals surface area contributed by atoms with Crippen LogP contribution in [-0.2, 0) is 4.79 Å². The van der Waals surface area contributed by atoms with Crippen molar-refractivity contribution in [3.8, 4) is 6.07 Å². The number of hydrogen-bond acceptors (Lipinski definition) is 3. The number of carbonyl (C=O) groups excluding carboxylic acids is 1. The molecule has 1 atom stereocenters. The van der Waals surface area contributed by atoms with Crippen molar-refractivity contribution in [2.75, 3.05) is 0 Å². The fourth-order valence-electron chi connectivity index (χ4n) is 0.357. The maximum Gasteiger partial charge on any atom is 0.236 e. The van der Waals surface area contributed by atoms with Crippen LogP contribution in [0.5, 0.6) is 0 Å².